The Morgan fingerprint density at radius 1 is 1.50 bits per heavy atom. The van der Waals surface area contributed by atoms with Gasteiger partial charge < -0.3 is 4.42 Å². The van der Waals surface area contributed by atoms with E-state index in [1.165, 1.54) is 6.20 Å². The molecule has 0 aromatic carbocycles. The Hall–Kier alpha value is -1.43. The lowest BCUT2D eigenvalue weighted by Crippen LogP contribution is -1.97. The molecular formula is C8H7N2O3S. The minimum absolute atomic E-state index is 0.142. The van der Waals surface area contributed by atoms with Crippen molar-refractivity contribution in [2.75, 3.05) is 0 Å². The molecule has 0 saturated heterocycles. The van der Waals surface area contributed by atoms with Crippen LogP contribution in [0.4, 0.5) is 0 Å². The molecule has 1 radical (unpaired) electrons. The minimum Gasteiger partial charge on any atom is -0.439 e. The van der Waals surface area contributed by atoms with E-state index < -0.39 is 9.84 Å². The van der Waals surface area contributed by atoms with Gasteiger partial charge in [-0.1, -0.05) is 0 Å². The second kappa shape index (κ2) is 3.06. The average molecular weight is 211 g/mol. The number of aromatic nitrogens is 2. The van der Waals surface area contributed by atoms with Crippen LogP contribution in [0.5, 0.6) is 0 Å². The fourth-order valence-electron chi connectivity index (χ4n) is 1.08. The molecule has 0 unspecified atom stereocenters. The predicted molar refractivity (Wildman–Crippen MR) is 49.8 cm³/mol. The molecule has 0 aliphatic carbocycles. The van der Waals surface area contributed by atoms with Crippen molar-refractivity contribution in [3.8, 4) is 0 Å². The lowest BCUT2D eigenvalue weighted by atomic mass is 10.4. The SMILES string of the molecule is [CH2]S(=O)(=O)Cc1nc2cnccc2o1. The fourth-order valence-corrected chi connectivity index (χ4v) is 1.58. The van der Waals surface area contributed by atoms with Gasteiger partial charge in [0, 0.05) is 12.3 Å². The number of nitrogens with zero attached hydrogens (tertiary/aromatic N) is 2. The summed E-state index contributed by atoms with van der Waals surface area (Å²) >= 11 is 0. The zero-order valence-corrected chi connectivity index (χ0v) is 7.99. The highest BCUT2D eigenvalue weighted by Gasteiger charge is 2.11. The van der Waals surface area contributed by atoms with E-state index >= 15 is 0 Å². The van der Waals surface area contributed by atoms with Crippen LogP contribution in [0, 0.1) is 6.26 Å². The Kier molecular flexibility index (Phi) is 1.99. The summed E-state index contributed by atoms with van der Waals surface area (Å²) in [6, 6.07) is 1.63. The number of sulfone groups is 1. The van der Waals surface area contributed by atoms with E-state index in [0.29, 0.717) is 11.1 Å². The molecule has 0 bridgehead atoms. The predicted octanol–water partition coefficient (Wildman–Crippen LogP) is 0.929. The Morgan fingerprint density at radius 3 is 2.93 bits per heavy atom. The highest BCUT2D eigenvalue weighted by atomic mass is 32.2. The largest absolute Gasteiger partial charge is 0.439 e. The molecule has 0 fully saturated rings. The summed E-state index contributed by atoms with van der Waals surface area (Å²) in [5.74, 6) is -0.148. The molecule has 73 valence electrons. The van der Waals surface area contributed by atoms with Gasteiger partial charge in [-0.3, -0.25) is 4.98 Å². The van der Waals surface area contributed by atoms with E-state index in [4.69, 9.17) is 4.42 Å². The topological polar surface area (TPSA) is 73.1 Å². The number of hydrogen-bond donors (Lipinski definition) is 0. The summed E-state index contributed by atoms with van der Waals surface area (Å²) in [5, 5.41) is 0. The molecule has 0 N–H and O–H groups in total. The van der Waals surface area contributed by atoms with Crippen LogP contribution in [0.15, 0.2) is 22.9 Å². The first-order valence-electron chi connectivity index (χ1n) is 3.80. The van der Waals surface area contributed by atoms with Gasteiger partial charge in [-0.15, -0.1) is 0 Å². The van der Waals surface area contributed by atoms with Gasteiger partial charge in [0.05, 0.1) is 12.5 Å². The number of rotatable bonds is 2. The maximum atomic E-state index is 10.9. The van der Waals surface area contributed by atoms with E-state index in [9.17, 15) is 8.42 Å². The van der Waals surface area contributed by atoms with E-state index in [1.54, 1.807) is 12.3 Å². The molecule has 0 aliphatic heterocycles. The third-order valence-electron chi connectivity index (χ3n) is 1.58. The van der Waals surface area contributed by atoms with Gasteiger partial charge in [0.1, 0.15) is 11.3 Å². The second-order valence-electron chi connectivity index (χ2n) is 2.84. The average Bonchev–Trinajstić information content (AvgIpc) is 2.42. The summed E-state index contributed by atoms with van der Waals surface area (Å²) in [6.45, 7) is 0. The van der Waals surface area contributed by atoms with Crippen LogP contribution in [0.1, 0.15) is 5.89 Å². The third kappa shape index (κ3) is 1.90. The lowest BCUT2D eigenvalue weighted by Gasteiger charge is -1.89. The monoisotopic (exact) mass is 211 g/mol. The van der Waals surface area contributed by atoms with Gasteiger partial charge in [-0.05, 0) is 0 Å². The number of fused-ring (bicyclic) bond motifs is 1. The van der Waals surface area contributed by atoms with Gasteiger partial charge in [0.2, 0.25) is 5.89 Å². The molecule has 0 aliphatic rings. The van der Waals surface area contributed by atoms with Gasteiger partial charge in [0.25, 0.3) is 0 Å². The summed E-state index contributed by atoms with van der Waals surface area (Å²) in [5.41, 5.74) is 1.07. The first-order valence-corrected chi connectivity index (χ1v) is 5.62. The van der Waals surface area contributed by atoms with Crippen LogP contribution in [0.3, 0.4) is 0 Å². The van der Waals surface area contributed by atoms with Crippen molar-refractivity contribution in [1.29, 1.82) is 0 Å². The van der Waals surface area contributed by atoms with Crippen molar-refractivity contribution in [2.45, 2.75) is 5.75 Å². The second-order valence-corrected chi connectivity index (χ2v) is 4.61. The zero-order valence-electron chi connectivity index (χ0n) is 7.17. The van der Waals surface area contributed by atoms with Crippen molar-refractivity contribution < 1.29 is 12.8 Å². The molecule has 6 heteroatoms. The molecule has 2 aromatic heterocycles. The first-order chi connectivity index (χ1) is 6.54. The van der Waals surface area contributed by atoms with Crippen LogP contribution in [-0.4, -0.2) is 18.4 Å². The van der Waals surface area contributed by atoms with Crippen LogP contribution >= 0.6 is 0 Å². The highest BCUT2D eigenvalue weighted by molar-refractivity contribution is 7.91. The number of oxazole rings is 1. The van der Waals surface area contributed by atoms with Crippen LogP contribution in [0.2, 0.25) is 0 Å². The minimum atomic E-state index is -3.35. The van der Waals surface area contributed by atoms with Crippen LogP contribution < -0.4 is 0 Å². The summed E-state index contributed by atoms with van der Waals surface area (Å²) in [4.78, 5) is 7.78. The molecule has 0 amide bonds. The quantitative estimate of drug-likeness (QED) is 0.738. The molecule has 0 atom stereocenters. The number of pyridine rings is 1. The molecule has 2 aromatic rings. The van der Waals surface area contributed by atoms with Crippen molar-refractivity contribution >= 4 is 20.9 Å². The van der Waals surface area contributed by atoms with Gasteiger partial charge in [0.15, 0.2) is 15.4 Å². The lowest BCUT2D eigenvalue weighted by molar-refractivity contribution is 0.542. The van der Waals surface area contributed by atoms with E-state index in [0.717, 1.165) is 0 Å². The van der Waals surface area contributed by atoms with Crippen LogP contribution in [0.25, 0.3) is 11.1 Å². The number of hydrogen-bond acceptors (Lipinski definition) is 5. The van der Waals surface area contributed by atoms with E-state index in [1.807, 2.05) is 0 Å². The summed E-state index contributed by atoms with van der Waals surface area (Å²) in [7, 11) is -3.35. The van der Waals surface area contributed by atoms with Crippen LogP contribution in [-0.2, 0) is 15.6 Å². The first kappa shape index (κ1) is 9.14. The maximum absolute atomic E-state index is 10.9. The molecule has 5 nitrogen and oxygen atoms in total. The molecule has 2 rings (SSSR count). The van der Waals surface area contributed by atoms with Crippen molar-refractivity contribution in [1.82, 2.24) is 9.97 Å². The standard InChI is InChI=1S/C8H7N2O3S/c1-14(11,12)5-8-10-6-4-9-3-2-7(6)13-8/h2-4H,1,5H2. The van der Waals surface area contributed by atoms with Crippen molar-refractivity contribution in [2.24, 2.45) is 0 Å². The Morgan fingerprint density at radius 2 is 2.29 bits per heavy atom. The molecule has 0 saturated carbocycles. The molecule has 14 heavy (non-hydrogen) atoms. The van der Waals surface area contributed by atoms with Gasteiger partial charge in [-0.2, -0.15) is 0 Å². The van der Waals surface area contributed by atoms with Crippen molar-refractivity contribution in [3.05, 3.63) is 30.6 Å². The summed E-state index contributed by atoms with van der Waals surface area (Å²) in [6.07, 6.45) is 6.06. The fraction of sp³-hybridized carbons (Fsp3) is 0.125. The molecule has 2 heterocycles. The molecular weight excluding hydrogens is 204 g/mol. The van der Waals surface area contributed by atoms with E-state index in [2.05, 4.69) is 16.2 Å². The Balaban J connectivity index is 2.46. The van der Waals surface area contributed by atoms with E-state index in [-0.39, 0.29) is 11.6 Å². The molecule has 0 spiro atoms. The highest BCUT2D eigenvalue weighted by Crippen LogP contribution is 2.15. The van der Waals surface area contributed by atoms with Gasteiger partial charge >= 0.3 is 0 Å². The van der Waals surface area contributed by atoms with Gasteiger partial charge in [-0.25, -0.2) is 13.4 Å². The van der Waals surface area contributed by atoms with Crippen molar-refractivity contribution in [3.63, 3.8) is 0 Å². The normalized spacial score (nSPS) is 12.1. The Labute approximate surface area is 80.7 Å². The smallest absolute Gasteiger partial charge is 0.210 e. The maximum Gasteiger partial charge on any atom is 0.210 e. The summed E-state index contributed by atoms with van der Waals surface area (Å²) < 4.78 is 26.9. The zero-order chi connectivity index (χ0) is 10.2. The Bertz CT molecular complexity index is 526. The third-order valence-corrected chi connectivity index (χ3v) is 2.26.